The molecule has 0 saturated heterocycles. The summed E-state index contributed by atoms with van der Waals surface area (Å²) >= 11 is 0. The van der Waals surface area contributed by atoms with Crippen LogP contribution < -0.4 is 5.32 Å². The van der Waals surface area contributed by atoms with Crippen LogP contribution >= 0.6 is 0 Å². The highest BCUT2D eigenvalue weighted by atomic mass is 19.1. The van der Waals surface area contributed by atoms with E-state index in [1.807, 2.05) is 6.92 Å². The lowest BCUT2D eigenvalue weighted by atomic mass is 10.1. The number of halogens is 1. The molecule has 0 aliphatic rings. The Bertz CT molecular complexity index is 593. The zero-order valence-electron chi connectivity index (χ0n) is 10.9. The van der Waals surface area contributed by atoms with Crippen LogP contribution in [0.5, 0.6) is 0 Å². The minimum atomic E-state index is -0.352. The zero-order valence-corrected chi connectivity index (χ0v) is 10.9. The number of benzene rings is 1. The summed E-state index contributed by atoms with van der Waals surface area (Å²) in [7, 11) is 0. The van der Waals surface area contributed by atoms with Gasteiger partial charge in [0.25, 0.3) is 5.91 Å². The summed E-state index contributed by atoms with van der Waals surface area (Å²) in [6, 6.07) is 4.06. The van der Waals surface area contributed by atoms with Gasteiger partial charge in [0.15, 0.2) is 0 Å². The second-order valence-electron chi connectivity index (χ2n) is 4.22. The summed E-state index contributed by atoms with van der Waals surface area (Å²) in [5, 5.41) is 2.70. The Morgan fingerprint density at radius 3 is 2.89 bits per heavy atom. The molecule has 1 amide bonds. The lowest BCUT2D eigenvalue weighted by Gasteiger charge is -2.06. The lowest BCUT2D eigenvalue weighted by molar-refractivity contribution is 0.0946. The summed E-state index contributed by atoms with van der Waals surface area (Å²) in [6.45, 7) is 3.87. The van der Waals surface area contributed by atoms with Gasteiger partial charge in [0.2, 0.25) is 5.89 Å². The van der Waals surface area contributed by atoms with Gasteiger partial charge in [-0.05, 0) is 30.7 Å². The molecular formula is C14H15FN2O2. The van der Waals surface area contributed by atoms with E-state index in [0.29, 0.717) is 17.0 Å². The van der Waals surface area contributed by atoms with Crippen LogP contribution in [0.2, 0.25) is 0 Å². The summed E-state index contributed by atoms with van der Waals surface area (Å²) < 4.78 is 18.3. The molecule has 0 spiro atoms. The van der Waals surface area contributed by atoms with Crippen LogP contribution in [0.15, 0.2) is 28.8 Å². The maximum Gasteiger partial charge on any atom is 0.251 e. The predicted molar refractivity (Wildman–Crippen MR) is 68.2 cm³/mol. The molecule has 19 heavy (non-hydrogen) atoms. The van der Waals surface area contributed by atoms with Crippen molar-refractivity contribution in [2.45, 2.75) is 26.8 Å². The number of aryl methyl sites for hydroxylation is 2. The fourth-order valence-electron chi connectivity index (χ4n) is 1.73. The predicted octanol–water partition coefficient (Wildman–Crippen LogP) is 2.61. The van der Waals surface area contributed by atoms with E-state index in [1.54, 1.807) is 13.1 Å². The zero-order chi connectivity index (χ0) is 13.8. The van der Waals surface area contributed by atoms with E-state index < -0.39 is 0 Å². The van der Waals surface area contributed by atoms with Crippen LogP contribution in [0.3, 0.4) is 0 Å². The third kappa shape index (κ3) is 3.19. The van der Waals surface area contributed by atoms with Crippen molar-refractivity contribution in [1.82, 2.24) is 10.3 Å². The molecule has 0 unspecified atom stereocenters. The first-order valence-electron chi connectivity index (χ1n) is 6.08. The number of oxazole rings is 1. The molecular weight excluding hydrogens is 247 g/mol. The third-order valence-electron chi connectivity index (χ3n) is 2.78. The number of rotatable bonds is 4. The molecule has 5 heteroatoms. The van der Waals surface area contributed by atoms with Gasteiger partial charge in [0.1, 0.15) is 11.6 Å². The van der Waals surface area contributed by atoms with Gasteiger partial charge in [0, 0.05) is 12.0 Å². The van der Waals surface area contributed by atoms with Gasteiger partial charge in [-0.1, -0.05) is 6.92 Å². The second kappa shape index (κ2) is 5.65. The van der Waals surface area contributed by atoms with Crippen molar-refractivity contribution in [2.75, 3.05) is 0 Å². The summed E-state index contributed by atoms with van der Waals surface area (Å²) in [5.41, 5.74) is 1.04. The van der Waals surface area contributed by atoms with Crippen molar-refractivity contribution in [3.63, 3.8) is 0 Å². The van der Waals surface area contributed by atoms with Crippen LogP contribution in [-0.2, 0) is 13.0 Å². The highest BCUT2D eigenvalue weighted by Crippen LogP contribution is 2.10. The number of amides is 1. The number of carbonyl (C=O) groups is 1. The Balaban J connectivity index is 2.01. The first-order chi connectivity index (χ1) is 9.10. The highest BCUT2D eigenvalue weighted by Gasteiger charge is 2.10. The van der Waals surface area contributed by atoms with Gasteiger partial charge in [-0.2, -0.15) is 0 Å². The molecule has 0 fully saturated rings. The van der Waals surface area contributed by atoms with Crippen molar-refractivity contribution in [3.8, 4) is 0 Å². The van der Waals surface area contributed by atoms with Crippen LogP contribution in [-0.4, -0.2) is 10.9 Å². The number of nitrogens with one attached hydrogen (secondary N) is 1. The Morgan fingerprint density at radius 1 is 1.47 bits per heavy atom. The fourth-order valence-corrected chi connectivity index (χ4v) is 1.73. The highest BCUT2D eigenvalue weighted by molar-refractivity contribution is 5.95. The normalized spacial score (nSPS) is 10.5. The van der Waals surface area contributed by atoms with Crippen molar-refractivity contribution in [1.29, 1.82) is 0 Å². The first-order valence-corrected chi connectivity index (χ1v) is 6.08. The molecule has 1 aromatic heterocycles. The van der Waals surface area contributed by atoms with Crippen LogP contribution in [0.4, 0.5) is 4.39 Å². The maximum absolute atomic E-state index is 12.9. The molecule has 4 nitrogen and oxygen atoms in total. The first kappa shape index (κ1) is 13.3. The number of nitrogens with zero attached hydrogens (tertiary/aromatic N) is 1. The minimum absolute atomic E-state index is 0.218. The van der Waals surface area contributed by atoms with Gasteiger partial charge in [-0.15, -0.1) is 0 Å². The molecule has 0 atom stereocenters. The standard InChI is InChI=1S/C14H15FN2O2/c1-3-11-7-16-13(19-11)8-17-14(18)12-5-4-10(15)6-9(12)2/h4-7H,3,8H2,1-2H3,(H,17,18). The van der Waals surface area contributed by atoms with E-state index >= 15 is 0 Å². The molecule has 1 heterocycles. The van der Waals surface area contributed by atoms with Gasteiger partial charge >= 0.3 is 0 Å². The Hall–Kier alpha value is -2.17. The SMILES string of the molecule is CCc1cnc(CNC(=O)c2ccc(F)cc2C)o1. The molecule has 1 aromatic carbocycles. The summed E-state index contributed by atoms with van der Waals surface area (Å²) in [4.78, 5) is 16.0. The Kier molecular flexibility index (Phi) is 3.94. The largest absolute Gasteiger partial charge is 0.444 e. The Labute approximate surface area is 110 Å². The van der Waals surface area contributed by atoms with E-state index in [2.05, 4.69) is 10.3 Å². The van der Waals surface area contributed by atoms with E-state index in [-0.39, 0.29) is 18.3 Å². The summed E-state index contributed by atoms with van der Waals surface area (Å²) in [5.74, 6) is 0.621. The number of hydrogen-bond acceptors (Lipinski definition) is 3. The lowest BCUT2D eigenvalue weighted by Crippen LogP contribution is -2.23. The molecule has 2 aromatic rings. The van der Waals surface area contributed by atoms with Crippen molar-refractivity contribution in [2.24, 2.45) is 0 Å². The quantitative estimate of drug-likeness (QED) is 0.921. The average molecular weight is 262 g/mol. The van der Waals surface area contributed by atoms with Crippen LogP contribution in [0.25, 0.3) is 0 Å². The van der Waals surface area contributed by atoms with Crippen molar-refractivity contribution >= 4 is 5.91 Å². The minimum Gasteiger partial charge on any atom is -0.444 e. The van der Waals surface area contributed by atoms with Crippen LogP contribution in [0.1, 0.15) is 34.5 Å². The van der Waals surface area contributed by atoms with Gasteiger partial charge in [0.05, 0.1) is 12.7 Å². The number of carbonyl (C=O) groups excluding carboxylic acids is 1. The topological polar surface area (TPSA) is 55.1 Å². The third-order valence-corrected chi connectivity index (χ3v) is 2.78. The monoisotopic (exact) mass is 262 g/mol. The van der Waals surface area contributed by atoms with Gasteiger partial charge in [-0.25, -0.2) is 9.37 Å². The van der Waals surface area contributed by atoms with Crippen molar-refractivity contribution < 1.29 is 13.6 Å². The molecule has 0 aliphatic heterocycles. The molecule has 100 valence electrons. The van der Waals surface area contributed by atoms with Crippen molar-refractivity contribution in [3.05, 3.63) is 53.0 Å². The van der Waals surface area contributed by atoms with E-state index in [4.69, 9.17) is 4.42 Å². The average Bonchev–Trinajstić information content (AvgIpc) is 2.84. The molecule has 0 bridgehead atoms. The smallest absolute Gasteiger partial charge is 0.251 e. The molecule has 0 saturated carbocycles. The van der Waals surface area contributed by atoms with E-state index in [0.717, 1.165) is 12.2 Å². The van der Waals surface area contributed by atoms with Gasteiger partial charge < -0.3 is 9.73 Å². The molecule has 0 radical (unpaired) electrons. The number of aromatic nitrogens is 1. The van der Waals surface area contributed by atoms with E-state index in [1.165, 1.54) is 18.2 Å². The van der Waals surface area contributed by atoms with Gasteiger partial charge in [-0.3, -0.25) is 4.79 Å². The second-order valence-corrected chi connectivity index (χ2v) is 4.22. The van der Waals surface area contributed by atoms with E-state index in [9.17, 15) is 9.18 Å². The molecule has 2 rings (SSSR count). The summed E-state index contributed by atoms with van der Waals surface area (Å²) in [6.07, 6.45) is 2.41. The fraction of sp³-hybridized carbons (Fsp3) is 0.286. The maximum atomic E-state index is 12.9. The van der Waals surface area contributed by atoms with Crippen LogP contribution in [0, 0.1) is 12.7 Å². The molecule has 0 aliphatic carbocycles. The Morgan fingerprint density at radius 2 is 2.26 bits per heavy atom. The number of hydrogen-bond donors (Lipinski definition) is 1. The molecule has 1 N–H and O–H groups in total.